The van der Waals surface area contributed by atoms with E-state index in [2.05, 4.69) is 5.32 Å². The van der Waals surface area contributed by atoms with Gasteiger partial charge in [0.2, 0.25) is 0 Å². The summed E-state index contributed by atoms with van der Waals surface area (Å²) in [5.41, 5.74) is 0.429. The van der Waals surface area contributed by atoms with Crippen LogP contribution in [0.15, 0.2) is 42.5 Å². The number of benzene rings is 2. The molecule has 0 aliphatic carbocycles. The Balaban J connectivity index is 2.07. The SMILES string of the molecule is COc1ccc(O[C@H](C)C(=O)N[C@H](C)c2ccc(F)cc2)c([N+](=O)[O-])c1. The number of carbonyl (C=O) groups excluding carboxylic acids is 1. The maximum Gasteiger partial charge on any atom is 0.314 e. The van der Waals surface area contributed by atoms with Crippen LogP contribution in [0, 0.1) is 15.9 Å². The summed E-state index contributed by atoms with van der Waals surface area (Å²) in [7, 11) is 1.40. The van der Waals surface area contributed by atoms with Crippen LogP contribution >= 0.6 is 0 Å². The number of nitrogens with one attached hydrogen (secondary N) is 1. The average molecular weight is 362 g/mol. The zero-order chi connectivity index (χ0) is 19.3. The van der Waals surface area contributed by atoms with Crippen molar-refractivity contribution in [1.82, 2.24) is 5.32 Å². The van der Waals surface area contributed by atoms with Crippen LogP contribution in [0.3, 0.4) is 0 Å². The van der Waals surface area contributed by atoms with Crippen molar-refractivity contribution in [3.8, 4) is 11.5 Å². The number of nitrogens with zero attached hydrogens (tertiary/aromatic N) is 1. The van der Waals surface area contributed by atoms with E-state index < -0.39 is 16.9 Å². The summed E-state index contributed by atoms with van der Waals surface area (Å²) in [6.07, 6.45) is -0.968. The van der Waals surface area contributed by atoms with Crippen molar-refractivity contribution in [3.05, 3.63) is 64.0 Å². The molecule has 0 spiro atoms. The number of nitro benzene ring substituents is 1. The molecule has 0 bridgehead atoms. The molecule has 0 aliphatic heterocycles. The van der Waals surface area contributed by atoms with Crippen LogP contribution in [0.25, 0.3) is 0 Å². The largest absolute Gasteiger partial charge is 0.496 e. The quantitative estimate of drug-likeness (QED) is 0.602. The van der Waals surface area contributed by atoms with Gasteiger partial charge in [-0.2, -0.15) is 0 Å². The van der Waals surface area contributed by atoms with Gasteiger partial charge in [0.15, 0.2) is 11.9 Å². The summed E-state index contributed by atoms with van der Waals surface area (Å²) in [6.45, 7) is 3.23. The number of nitro groups is 1. The minimum Gasteiger partial charge on any atom is -0.496 e. The van der Waals surface area contributed by atoms with Crippen LogP contribution in [0.4, 0.5) is 10.1 Å². The second-order valence-corrected chi connectivity index (χ2v) is 5.63. The fraction of sp³-hybridized carbons (Fsp3) is 0.278. The zero-order valence-electron chi connectivity index (χ0n) is 14.6. The van der Waals surface area contributed by atoms with E-state index in [4.69, 9.17) is 9.47 Å². The van der Waals surface area contributed by atoms with E-state index in [1.54, 1.807) is 19.1 Å². The number of hydrogen-bond acceptors (Lipinski definition) is 5. The lowest BCUT2D eigenvalue weighted by atomic mass is 10.1. The molecule has 0 unspecified atom stereocenters. The fourth-order valence-corrected chi connectivity index (χ4v) is 2.28. The van der Waals surface area contributed by atoms with Gasteiger partial charge in [0.1, 0.15) is 11.6 Å². The lowest BCUT2D eigenvalue weighted by Gasteiger charge is -2.19. The Morgan fingerprint density at radius 1 is 1.19 bits per heavy atom. The molecule has 2 atom stereocenters. The molecule has 26 heavy (non-hydrogen) atoms. The predicted octanol–water partition coefficient (Wildman–Crippen LogP) is 3.39. The number of methoxy groups -OCH3 is 1. The molecule has 0 aliphatic rings. The fourth-order valence-electron chi connectivity index (χ4n) is 2.28. The standard InChI is InChI=1S/C18H19FN2O5/c1-11(13-4-6-14(19)7-5-13)20-18(22)12(2)26-17-9-8-15(25-3)10-16(17)21(23)24/h4-12H,1-3H3,(H,20,22)/t11-,12-/m1/s1. The van der Waals surface area contributed by atoms with Crippen LogP contribution in [0.2, 0.25) is 0 Å². The van der Waals surface area contributed by atoms with Gasteiger partial charge in [-0.15, -0.1) is 0 Å². The van der Waals surface area contributed by atoms with E-state index in [9.17, 15) is 19.3 Å². The third-order valence-corrected chi connectivity index (χ3v) is 3.76. The van der Waals surface area contributed by atoms with Crippen molar-refractivity contribution in [2.45, 2.75) is 26.0 Å². The van der Waals surface area contributed by atoms with Crippen LogP contribution in [0.1, 0.15) is 25.5 Å². The molecule has 138 valence electrons. The predicted molar refractivity (Wildman–Crippen MR) is 92.7 cm³/mol. The van der Waals surface area contributed by atoms with Crippen molar-refractivity contribution < 1.29 is 23.6 Å². The summed E-state index contributed by atoms with van der Waals surface area (Å²) < 4.78 is 23.4. The van der Waals surface area contributed by atoms with Gasteiger partial charge in [-0.25, -0.2) is 4.39 Å². The highest BCUT2D eigenvalue weighted by Crippen LogP contribution is 2.31. The molecular formula is C18H19FN2O5. The highest BCUT2D eigenvalue weighted by Gasteiger charge is 2.23. The van der Waals surface area contributed by atoms with E-state index >= 15 is 0 Å². The first-order valence-corrected chi connectivity index (χ1v) is 7.86. The van der Waals surface area contributed by atoms with E-state index in [-0.39, 0.29) is 23.3 Å². The van der Waals surface area contributed by atoms with Crippen molar-refractivity contribution in [3.63, 3.8) is 0 Å². The topological polar surface area (TPSA) is 90.7 Å². The van der Waals surface area contributed by atoms with Gasteiger partial charge in [0, 0.05) is 0 Å². The molecule has 2 aromatic rings. The second kappa shape index (κ2) is 8.28. The van der Waals surface area contributed by atoms with Gasteiger partial charge < -0.3 is 14.8 Å². The van der Waals surface area contributed by atoms with Crippen molar-refractivity contribution in [1.29, 1.82) is 0 Å². The summed E-state index contributed by atoms with van der Waals surface area (Å²) in [4.78, 5) is 22.9. The normalized spacial score (nSPS) is 12.8. The van der Waals surface area contributed by atoms with E-state index in [0.29, 0.717) is 5.75 Å². The first kappa shape index (κ1) is 19.2. The number of halogens is 1. The highest BCUT2D eigenvalue weighted by molar-refractivity contribution is 5.81. The molecule has 0 radical (unpaired) electrons. The van der Waals surface area contributed by atoms with Gasteiger partial charge in [-0.1, -0.05) is 12.1 Å². The third kappa shape index (κ3) is 4.69. The Morgan fingerprint density at radius 3 is 2.42 bits per heavy atom. The van der Waals surface area contributed by atoms with Gasteiger partial charge in [0.05, 0.1) is 24.1 Å². The summed E-state index contributed by atoms with van der Waals surface area (Å²) in [6, 6.07) is 9.48. The summed E-state index contributed by atoms with van der Waals surface area (Å²) in [5, 5.41) is 13.9. The minimum atomic E-state index is -0.968. The Bertz CT molecular complexity index is 795. The Labute approximate surface area is 149 Å². The second-order valence-electron chi connectivity index (χ2n) is 5.63. The molecule has 7 nitrogen and oxygen atoms in total. The molecule has 2 aromatic carbocycles. The molecule has 0 aromatic heterocycles. The Morgan fingerprint density at radius 2 is 1.85 bits per heavy atom. The molecule has 0 saturated heterocycles. The van der Waals surface area contributed by atoms with E-state index in [1.165, 1.54) is 44.4 Å². The zero-order valence-corrected chi connectivity index (χ0v) is 14.6. The lowest BCUT2D eigenvalue weighted by Crippen LogP contribution is -2.37. The van der Waals surface area contributed by atoms with Gasteiger partial charge in [0.25, 0.3) is 5.91 Å². The maximum atomic E-state index is 13.0. The molecule has 0 heterocycles. The molecule has 0 saturated carbocycles. The molecular weight excluding hydrogens is 343 g/mol. The van der Waals surface area contributed by atoms with E-state index in [0.717, 1.165) is 5.56 Å². The first-order valence-electron chi connectivity index (χ1n) is 7.86. The molecule has 2 rings (SSSR count). The first-order chi connectivity index (χ1) is 12.3. The minimum absolute atomic E-state index is 0.0344. The van der Waals surface area contributed by atoms with Crippen molar-refractivity contribution in [2.24, 2.45) is 0 Å². The number of ether oxygens (including phenoxy) is 2. The number of hydrogen-bond donors (Lipinski definition) is 1. The average Bonchev–Trinajstić information content (AvgIpc) is 2.62. The monoisotopic (exact) mass is 362 g/mol. The number of rotatable bonds is 7. The summed E-state index contributed by atoms with van der Waals surface area (Å²) in [5.74, 6) is -0.540. The van der Waals surface area contributed by atoms with Crippen molar-refractivity contribution >= 4 is 11.6 Å². The number of carbonyl (C=O) groups is 1. The molecule has 1 amide bonds. The lowest BCUT2D eigenvalue weighted by molar-refractivity contribution is -0.386. The Kier molecular flexibility index (Phi) is 6.11. The van der Waals surface area contributed by atoms with Gasteiger partial charge in [-0.05, 0) is 43.7 Å². The smallest absolute Gasteiger partial charge is 0.314 e. The highest BCUT2D eigenvalue weighted by atomic mass is 19.1. The van der Waals surface area contributed by atoms with Crippen molar-refractivity contribution in [2.75, 3.05) is 7.11 Å². The van der Waals surface area contributed by atoms with Crippen LogP contribution in [0.5, 0.6) is 11.5 Å². The molecule has 0 fully saturated rings. The third-order valence-electron chi connectivity index (χ3n) is 3.76. The van der Waals surface area contributed by atoms with E-state index in [1.807, 2.05) is 0 Å². The van der Waals surface area contributed by atoms with Gasteiger partial charge in [-0.3, -0.25) is 14.9 Å². The Hall–Kier alpha value is -3.16. The molecule has 8 heteroatoms. The van der Waals surface area contributed by atoms with Gasteiger partial charge >= 0.3 is 5.69 Å². The number of amides is 1. The van der Waals surface area contributed by atoms with Crippen LogP contribution in [-0.4, -0.2) is 24.0 Å². The van der Waals surface area contributed by atoms with Crippen LogP contribution in [-0.2, 0) is 4.79 Å². The van der Waals surface area contributed by atoms with Crippen LogP contribution < -0.4 is 14.8 Å². The maximum absolute atomic E-state index is 13.0. The summed E-state index contributed by atoms with van der Waals surface area (Å²) >= 11 is 0. The molecule has 1 N–H and O–H groups in total.